The van der Waals surface area contributed by atoms with Crippen molar-refractivity contribution in [2.75, 3.05) is 20.1 Å². The summed E-state index contributed by atoms with van der Waals surface area (Å²) in [6, 6.07) is 10.2. The predicted octanol–water partition coefficient (Wildman–Crippen LogP) is 3.48. The van der Waals surface area contributed by atoms with Crippen molar-refractivity contribution in [1.82, 2.24) is 25.2 Å². The van der Waals surface area contributed by atoms with E-state index in [1.807, 2.05) is 28.8 Å². The molecule has 3 aromatic heterocycles. The molecule has 0 spiro atoms. The lowest BCUT2D eigenvalue weighted by molar-refractivity contribution is 0.518. The molecule has 0 aliphatic carbocycles. The fraction of sp³-hybridized carbons (Fsp3) is 0.421. The van der Waals surface area contributed by atoms with Crippen molar-refractivity contribution in [3.63, 3.8) is 0 Å². The summed E-state index contributed by atoms with van der Waals surface area (Å²) < 4.78 is 2.04. The zero-order chi connectivity index (χ0) is 18.4. The van der Waals surface area contributed by atoms with Gasteiger partial charge >= 0.3 is 0 Å². The average molecular weight is 498 g/mol. The lowest BCUT2D eigenvalue weighted by Crippen LogP contribution is -2.43. The highest BCUT2D eigenvalue weighted by molar-refractivity contribution is 14.0. The van der Waals surface area contributed by atoms with E-state index >= 15 is 0 Å². The Balaban J connectivity index is 0.00000261. The molecule has 146 valence electrons. The second-order valence-electron chi connectivity index (χ2n) is 6.86. The zero-order valence-corrected chi connectivity index (χ0v) is 19.1. The normalized spacial score (nSPS) is 12.0. The zero-order valence-electron chi connectivity index (χ0n) is 16.0. The van der Waals surface area contributed by atoms with Gasteiger partial charge in [0, 0.05) is 43.0 Å². The molecule has 0 amide bonds. The Labute approximate surface area is 181 Å². The number of nitrogens with one attached hydrogen (secondary N) is 2. The third-order valence-electron chi connectivity index (χ3n) is 4.36. The number of pyridine rings is 1. The van der Waals surface area contributed by atoms with Gasteiger partial charge in [-0.2, -0.15) is 0 Å². The minimum absolute atomic E-state index is 0. The second-order valence-corrected chi connectivity index (χ2v) is 7.81. The van der Waals surface area contributed by atoms with Gasteiger partial charge in [0.15, 0.2) is 11.6 Å². The Morgan fingerprint density at radius 1 is 1.19 bits per heavy atom. The molecule has 8 heteroatoms. The molecule has 3 heterocycles. The minimum Gasteiger partial charge on any atom is -0.356 e. The molecule has 27 heavy (non-hydrogen) atoms. The topological polar surface area (TPSA) is 66.6 Å². The molecule has 2 N–H and O–H groups in total. The fourth-order valence-corrected chi connectivity index (χ4v) is 3.64. The van der Waals surface area contributed by atoms with Gasteiger partial charge in [0.25, 0.3) is 0 Å². The molecular formula is C19H27IN6S. The highest BCUT2D eigenvalue weighted by atomic mass is 127. The largest absolute Gasteiger partial charge is 0.356 e. The monoisotopic (exact) mass is 498 g/mol. The number of halogens is 1. The molecule has 3 aromatic rings. The maximum Gasteiger partial charge on any atom is 0.191 e. The van der Waals surface area contributed by atoms with Gasteiger partial charge in [0.2, 0.25) is 0 Å². The van der Waals surface area contributed by atoms with E-state index < -0.39 is 0 Å². The van der Waals surface area contributed by atoms with Gasteiger partial charge in [-0.15, -0.1) is 45.5 Å². The van der Waals surface area contributed by atoms with Crippen LogP contribution in [0.25, 0.3) is 5.65 Å². The van der Waals surface area contributed by atoms with Gasteiger partial charge in [-0.1, -0.05) is 26.0 Å². The number of hydrogen-bond donors (Lipinski definition) is 2. The second kappa shape index (κ2) is 10.0. The van der Waals surface area contributed by atoms with Crippen LogP contribution in [0.3, 0.4) is 0 Å². The first kappa shape index (κ1) is 21.6. The van der Waals surface area contributed by atoms with E-state index in [9.17, 15) is 0 Å². The Bertz CT molecular complexity index is 856. The summed E-state index contributed by atoms with van der Waals surface area (Å²) >= 11 is 1.79. The highest BCUT2D eigenvalue weighted by Gasteiger charge is 2.21. The summed E-state index contributed by atoms with van der Waals surface area (Å²) in [6.45, 7) is 6.16. The number of nitrogens with zero attached hydrogens (tertiary/aromatic N) is 4. The summed E-state index contributed by atoms with van der Waals surface area (Å²) in [5, 5.41) is 17.4. The molecule has 0 aliphatic heterocycles. The van der Waals surface area contributed by atoms with Gasteiger partial charge in [-0.05, 0) is 30.0 Å². The molecule has 0 saturated heterocycles. The van der Waals surface area contributed by atoms with E-state index in [1.54, 1.807) is 18.4 Å². The van der Waals surface area contributed by atoms with Crippen molar-refractivity contribution >= 4 is 46.9 Å². The SMILES string of the molecule is CN=C(NCCCc1nnc2ccccn12)NCC(C)(C)c1cccs1.I. The van der Waals surface area contributed by atoms with E-state index in [2.05, 4.69) is 57.2 Å². The van der Waals surface area contributed by atoms with Gasteiger partial charge in [0.1, 0.15) is 5.82 Å². The third-order valence-corrected chi connectivity index (χ3v) is 5.60. The number of aryl methyl sites for hydroxylation is 1. The van der Waals surface area contributed by atoms with Crippen LogP contribution < -0.4 is 10.6 Å². The number of guanidine groups is 1. The smallest absolute Gasteiger partial charge is 0.191 e. The Morgan fingerprint density at radius 2 is 2.04 bits per heavy atom. The number of fused-ring (bicyclic) bond motifs is 1. The molecule has 3 rings (SSSR count). The molecule has 0 radical (unpaired) electrons. The summed E-state index contributed by atoms with van der Waals surface area (Å²) in [4.78, 5) is 5.70. The average Bonchev–Trinajstić information content (AvgIpc) is 3.32. The summed E-state index contributed by atoms with van der Waals surface area (Å²) in [5.41, 5.74) is 0.968. The Kier molecular flexibility index (Phi) is 8.03. The van der Waals surface area contributed by atoms with Crippen LogP contribution in [0.2, 0.25) is 0 Å². The lowest BCUT2D eigenvalue weighted by atomic mass is 9.91. The Hall–Kier alpha value is -1.68. The van der Waals surface area contributed by atoms with Crippen LogP contribution in [0.4, 0.5) is 0 Å². The molecular weight excluding hydrogens is 471 g/mol. The first-order chi connectivity index (χ1) is 12.6. The molecule has 0 atom stereocenters. The lowest BCUT2D eigenvalue weighted by Gasteiger charge is -2.25. The number of aliphatic imine (C=N–C) groups is 1. The maximum absolute atomic E-state index is 4.32. The van der Waals surface area contributed by atoms with Crippen LogP contribution in [-0.2, 0) is 11.8 Å². The van der Waals surface area contributed by atoms with Crippen molar-refractivity contribution in [1.29, 1.82) is 0 Å². The molecule has 0 saturated carbocycles. The molecule has 0 unspecified atom stereocenters. The minimum atomic E-state index is 0. The van der Waals surface area contributed by atoms with E-state index in [-0.39, 0.29) is 29.4 Å². The molecule has 0 bridgehead atoms. The first-order valence-electron chi connectivity index (χ1n) is 8.87. The third kappa shape index (κ3) is 5.65. The van der Waals surface area contributed by atoms with Crippen LogP contribution in [0.1, 0.15) is 31.0 Å². The van der Waals surface area contributed by atoms with Gasteiger partial charge in [-0.3, -0.25) is 9.39 Å². The van der Waals surface area contributed by atoms with E-state index in [4.69, 9.17) is 0 Å². The standard InChI is InChI=1S/C19H26N6S.HI/c1-19(2,15-8-7-13-26-15)14-22-18(20-3)21-11-6-10-17-24-23-16-9-4-5-12-25(16)17;/h4-5,7-9,12-13H,6,10-11,14H2,1-3H3,(H2,20,21,22);1H. The van der Waals surface area contributed by atoms with Gasteiger partial charge < -0.3 is 10.6 Å². The van der Waals surface area contributed by atoms with Crippen molar-refractivity contribution in [3.05, 3.63) is 52.6 Å². The quantitative estimate of drug-likeness (QED) is 0.227. The van der Waals surface area contributed by atoms with Crippen molar-refractivity contribution < 1.29 is 0 Å². The van der Waals surface area contributed by atoms with Gasteiger partial charge in [-0.25, -0.2) is 0 Å². The van der Waals surface area contributed by atoms with Crippen LogP contribution in [0.15, 0.2) is 46.9 Å². The summed E-state index contributed by atoms with van der Waals surface area (Å²) in [7, 11) is 1.81. The van der Waals surface area contributed by atoms with E-state index in [1.165, 1.54) is 4.88 Å². The first-order valence-corrected chi connectivity index (χ1v) is 9.75. The van der Waals surface area contributed by atoms with Gasteiger partial charge in [0.05, 0.1) is 0 Å². The van der Waals surface area contributed by atoms with Crippen LogP contribution in [-0.4, -0.2) is 40.7 Å². The number of thiophene rings is 1. The molecule has 0 fully saturated rings. The van der Waals surface area contributed by atoms with Crippen molar-refractivity contribution in [3.8, 4) is 0 Å². The van der Waals surface area contributed by atoms with E-state index in [0.717, 1.165) is 43.4 Å². The van der Waals surface area contributed by atoms with E-state index in [0.29, 0.717) is 0 Å². The summed E-state index contributed by atoms with van der Waals surface area (Å²) in [6.07, 6.45) is 3.84. The number of hydrogen-bond acceptors (Lipinski definition) is 4. The maximum atomic E-state index is 4.32. The van der Waals surface area contributed by atoms with Crippen LogP contribution in [0.5, 0.6) is 0 Å². The van der Waals surface area contributed by atoms with Crippen LogP contribution >= 0.6 is 35.3 Å². The number of rotatable bonds is 7. The van der Waals surface area contributed by atoms with Crippen molar-refractivity contribution in [2.24, 2.45) is 4.99 Å². The molecule has 0 aromatic carbocycles. The fourth-order valence-electron chi connectivity index (χ4n) is 2.79. The Morgan fingerprint density at radius 3 is 2.78 bits per heavy atom. The molecule has 0 aliphatic rings. The van der Waals surface area contributed by atoms with Crippen molar-refractivity contribution in [2.45, 2.75) is 32.1 Å². The number of aromatic nitrogens is 3. The predicted molar refractivity (Wildman–Crippen MR) is 123 cm³/mol. The van der Waals surface area contributed by atoms with Crippen LogP contribution in [0, 0.1) is 0 Å². The molecule has 6 nitrogen and oxygen atoms in total. The highest BCUT2D eigenvalue weighted by Crippen LogP contribution is 2.26. The summed E-state index contributed by atoms with van der Waals surface area (Å²) in [5.74, 6) is 1.82.